The molecule has 1 nitrogen and oxygen atoms in total. The molecule has 0 heterocycles. The highest BCUT2D eigenvalue weighted by Crippen LogP contribution is 2.02. The molecule has 0 spiro atoms. The Morgan fingerprint density at radius 3 is 2.57 bits per heavy atom. The Bertz CT molecular complexity index is 39.1. The van der Waals surface area contributed by atoms with Crippen LogP contribution in [0, 0.1) is 6.42 Å². The van der Waals surface area contributed by atoms with Crippen LogP contribution in [-0.2, 0) is 4.74 Å². The fourth-order valence-corrected chi connectivity index (χ4v) is 0.460. The van der Waals surface area contributed by atoms with Gasteiger partial charge >= 0.3 is 0 Å². The predicted molar refractivity (Wildman–Crippen MR) is 31.2 cm³/mol. The van der Waals surface area contributed by atoms with Crippen LogP contribution in [0.1, 0.15) is 13.3 Å². The second kappa shape index (κ2) is 4.41. The average molecular weight is 122 g/mol. The van der Waals surface area contributed by atoms with Crippen LogP contribution in [0.15, 0.2) is 0 Å². The zero-order valence-corrected chi connectivity index (χ0v) is 5.40. The van der Waals surface area contributed by atoms with Crippen LogP contribution < -0.4 is 0 Å². The summed E-state index contributed by atoms with van der Waals surface area (Å²) in [6.07, 6.45) is 2.85. The van der Waals surface area contributed by atoms with Gasteiger partial charge in [0.05, 0.1) is 0 Å². The molecule has 2 heteroatoms. The van der Waals surface area contributed by atoms with E-state index in [1.807, 2.05) is 13.3 Å². The van der Waals surface area contributed by atoms with Crippen molar-refractivity contribution in [2.75, 3.05) is 7.11 Å². The molecule has 0 aliphatic heterocycles. The lowest BCUT2D eigenvalue weighted by molar-refractivity contribution is 0.188. The van der Waals surface area contributed by atoms with Gasteiger partial charge < -0.3 is 4.74 Å². The van der Waals surface area contributed by atoms with E-state index in [1.54, 1.807) is 7.11 Å². The van der Waals surface area contributed by atoms with Crippen LogP contribution in [0.3, 0.4) is 0 Å². The number of alkyl halides is 1. The Morgan fingerprint density at radius 1 is 1.86 bits per heavy atom. The quantitative estimate of drug-likeness (QED) is 0.518. The maximum absolute atomic E-state index is 5.49. The van der Waals surface area contributed by atoms with Gasteiger partial charge in [0.1, 0.15) is 5.56 Å². The highest BCUT2D eigenvalue weighted by molar-refractivity contribution is 6.20. The average Bonchev–Trinajstić information content (AvgIpc) is 1.68. The zero-order valence-electron chi connectivity index (χ0n) is 4.65. The van der Waals surface area contributed by atoms with Gasteiger partial charge in [0.2, 0.25) is 0 Å². The van der Waals surface area contributed by atoms with Gasteiger partial charge in [0.25, 0.3) is 0 Å². The van der Waals surface area contributed by atoms with E-state index in [0.29, 0.717) is 0 Å². The standard InChI is InChI=1S/C5H10ClO/c1-3-4-5(6)7-2/h4-5H,3H2,1-2H3. The van der Waals surface area contributed by atoms with Crippen molar-refractivity contribution in [3.63, 3.8) is 0 Å². The fraction of sp³-hybridized carbons (Fsp3) is 0.800. The number of ether oxygens (including phenoxy) is 1. The number of halogens is 1. The van der Waals surface area contributed by atoms with Crippen LogP contribution in [0.25, 0.3) is 0 Å². The molecular weight excluding hydrogens is 112 g/mol. The van der Waals surface area contributed by atoms with Crippen LogP contribution in [0.4, 0.5) is 0 Å². The van der Waals surface area contributed by atoms with Crippen molar-refractivity contribution < 1.29 is 4.74 Å². The third kappa shape index (κ3) is 4.10. The maximum Gasteiger partial charge on any atom is 0.134 e. The zero-order chi connectivity index (χ0) is 5.70. The van der Waals surface area contributed by atoms with E-state index in [9.17, 15) is 0 Å². The normalized spacial score (nSPS) is 14.1. The molecule has 7 heavy (non-hydrogen) atoms. The Kier molecular flexibility index (Phi) is 4.57. The molecular formula is C5H10ClO. The minimum Gasteiger partial charge on any atom is -0.365 e. The summed E-state index contributed by atoms with van der Waals surface area (Å²) in [5.74, 6) is 0. The molecule has 0 bridgehead atoms. The van der Waals surface area contributed by atoms with Crippen LogP contribution in [0.5, 0.6) is 0 Å². The lowest BCUT2D eigenvalue weighted by atomic mass is 10.4. The van der Waals surface area contributed by atoms with Gasteiger partial charge in [-0.25, -0.2) is 0 Å². The summed E-state index contributed by atoms with van der Waals surface area (Å²) in [5.41, 5.74) is -0.204. The van der Waals surface area contributed by atoms with Gasteiger partial charge in [-0.1, -0.05) is 18.5 Å². The second-order valence-corrected chi connectivity index (χ2v) is 1.66. The van der Waals surface area contributed by atoms with E-state index in [-0.39, 0.29) is 5.56 Å². The summed E-state index contributed by atoms with van der Waals surface area (Å²) in [5, 5.41) is 0. The third-order valence-corrected chi connectivity index (χ3v) is 1.00. The van der Waals surface area contributed by atoms with Gasteiger partial charge in [-0.2, -0.15) is 0 Å². The second-order valence-electron chi connectivity index (χ2n) is 1.23. The van der Waals surface area contributed by atoms with Crippen molar-refractivity contribution in [1.82, 2.24) is 0 Å². The SMILES string of the molecule is CC[CH]C(Cl)OC. The van der Waals surface area contributed by atoms with Crippen molar-refractivity contribution in [3.8, 4) is 0 Å². The van der Waals surface area contributed by atoms with Crippen molar-refractivity contribution in [1.29, 1.82) is 0 Å². The molecule has 1 atom stereocenters. The minimum atomic E-state index is -0.204. The Hall–Kier alpha value is 0.250. The van der Waals surface area contributed by atoms with Crippen molar-refractivity contribution in [2.45, 2.75) is 18.9 Å². The van der Waals surface area contributed by atoms with Crippen molar-refractivity contribution in [3.05, 3.63) is 6.42 Å². The molecule has 0 fully saturated rings. The Balaban J connectivity index is 2.83. The molecule has 0 aromatic heterocycles. The van der Waals surface area contributed by atoms with Crippen LogP contribution >= 0.6 is 11.6 Å². The Morgan fingerprint density at radius 2 is 2.43 bits per heavy atom. The van der Waals surface area contributed by atoms with Crippen LogP contribution in [0.2, 0.25) is 0 Å². The summed E-state index contributed by atoms with van der Waals surface area (Å²) in [6, 6.07) is 0. The molecule has 0 amide bonds. The number of hydrogen-bond donors (Lipinski definition) is 0. The summed E-state index contributed by atoms with van der Waals surface area (Å²) in [4.78, 5) is 0. The third-order valence-electron chi connectivity index (χ3n) is 0.646. The molecule has 0 aliphatic carbocycles. The fourth-order valence-electron chi connectivity index (χ4n) is 0.282. The lowest BCUT2D eigenvalue weighted by Crippen LogP contribution is -1.99. The monoisotopic (exact) mass is 121 g/mol. The number of methoxy groups -OCH3 is 1. The van der Waals surface area contributed by atoms with Gasteiger partial charge in [-0.05, 0) is 6.42 Å². The molecule has 0 aromatic rings. The molecule has 0 saturated carbocycles. The molecule has 43 valence electrons. The summed E-state index contributed by atoms with van der Waals surface area (Å²) >= 11 is 5.49. The van der Waals surface area contributed by atoms with Crippen molar-refractivity contribution in [2.24, 2.45) is 0 Å². The Labute approximate surface area is 49.6 Å². The molecule has 0 N–H and O–H groups in total. The van der Waals surface area contributed by atoms with Gasteiger partial charge in [-0.3, -0.25) is 0 Å². The van der Waals surface area contributed by atoms with E-state index >= 15 is 0 Å². The smallest absolute Gasteiger partial charge is 0.134 e. The maximum atomic E-state index is 5.49. The van der Waals surface area contributed by atoms with Gasteiger partial charge in [0, 0.05) is 13.5 Å². The molecule has 0 aromatic carbocycles. The van der Waals surface area contributed by atoms with Crippen LogP contribution in [-0.4, -0.2) is 12.7 Å². The summed E-state index contributed by atoms with van der Waals surface area (Å²) in [7, 11) is 1.59. The lowest BCUT2D eigenvalue weighted by Gasteiger charge is -2.01. The summed E-state index contributed by atoms with van der Waals surface area (Å²) < 4.78 is 4.70. The predicted octanol–water partition coefficient (Wildman–Crippen LogP) is 1.81. The summed E-state index contributed by atoms with van der Waals surface area (Å²) in [6.45, 7) is 2.02. The molecule has 0 rings (SSSR count). The largest absolute Gasteiger partial charge is 0.365 e. The number of hydrogen-bond acceptors (Lipinski definition) is 1. The molecule has 0 aliphatic rings. The first-order valence-corrected chi connectivity index (χ1v) is 2.75. The first kappa shape index (κ1) is 7.25. The molecule has 1 radical (unpaired) electrons. The first-order valence-electron chi connectivity index (χ1n) is 2.31. The van der Waals surface area contributed by atoms with Gasteiger partial charge in [0.15, 0.2) is 0 Å². The van der Waals surface area contributed by atoms with E-state index in [0.717, 1.165) is 6.42 Å². The van der Waals surface area contributed by atoms with E-state index in [1.165, 1.54) is 0 Å². The highest BCUT2D eigenvalue weighted by Gasteiger charge is 1.96. The first-order chi connectivity index (χ1) is 3.31. The van der Waals surface area contributed by atoms with E-state index in [2.05, 4.69) is 0 Å². The molecule has 1 unspecified atom stereocenters. The van der Waals surface area contributed by atoms with Gasteiger partial charge in [-0.15, -0.1) is 0 Å². The highest BCUT2D eigenvalue weighted by atomic mass is 35.5. The topological polar surface area (TPSA) is 9.23 Å². The minimum absolute atomic E-state index is 0.204. The molecule has 0 saturated heterocycles. The number of rotatable bonds is 3. The van der Waals surface area contributed by atoms with Crippen molar-refractivity contribution >= 4 is 11.6 Å². The van der Waals surface area contributed by atoms with E-state index in [4.69, 9.17) is 16.3 Å². The van der Waals surface area contributed by atoms with E-state index < -0.39 is 0 Å².